The average molecular weight is 540 g/mol. The van der Waals surface area contributed by atoms with Crippen LogP contribution in [0.2, 0.25) is 0 Å². The molecule has 0 bridgehead atoms. The fourth-order valence-electron chi connectivity index (χ4n) is 5.93. The number of fused-ring (bicyclic) bond motifs is 1. The van der Waals surface area contributed by atoms with E-state index in [2.05, 4.69) is 27.5 Å². The summed E-state index contributed by atoms with van der Waals surface area (Å²) in [6.45, 7) is 5.90. The molecule has 4 rings (SSSR count). The van der Waals surface area contributed by atoms with E-state index in [9.17, 15) is 9.59 Å². The molecule has 2 heterocycles. The van der Waals surface area contributed by atoms with E-state index in [1.807, 2.05) is 30.3 Å². The van der Waals surface area contributed by atoms with Crippen molar-refractivity contribution in [2.24, 2.45) is 17.8 Å². The summed E-state index contributed by atoms with van der Waals surface area (Å²) in [5.74, 6) is 2.37. The van der Waals surface area contributed by atoms with Gasteiger partial charge in [-0.25, -0.2) is 9.78 Å². The Kier molecular flexibility index (Phi) is 10.8. The summed E-state index contributed by atoms with van der Waals surface area (Å²) in [7, 11) is 3.90. The summed E-state index contributed by atoms with van der Waals surface area (Å²) in [5, 5.41) is 15.4. The van der Waals surface area contributed by atoms with Crippen molar-refractivity contribution in [2.75, 3.05) is 64.9 Å². The molecule has 1 aliphatic heterocycles. The molecule has 1 saturated carbocycles. The number of carboxylic acid groups (broad SMARTS) is 1. The summed E-state index contributed by atoms with van der Waals surface area (Å²) in [5.41, 5.74) is 1.55. The second-order valence-corrected chi connectivity index (χ2v) is 11.3. The number of hydrogen-bond donors (Lipinski definition) is 3. The van der Waals surface area contributed by atoms with Crippen LogP contribution in [0.5, 0.6) is 0 Å². The Morgan fingerprint density at radius 1 is 1.00 bits per heavy atom. The van der Waals surface area contributed by atoms with Gasteiger partial charge in [0.1, 0.15) is 5.82 Å². The van der Waals surface area contributed by atoms with Gasteiger partial charge in [-0.3, -0.25) is 4.79 Å². The number of ether oxygens (including phenoxy) is 1. The number of likely N-dealkylation sites (N-methyl/N-ethyl adjacent to an activating group) is 1. The number of anilines is 1. The maximum Gasteiger partial charge on any atom is 0.404 e. The summed E-state index contributed by atoms with van der Waals surface area (Å²) in [6, 6.07) is 9.89. The molecular formula is C30H45N5O4. The lowest BCUT2D eigenvalue weighted by molar-refractivity contribution is 0.0942. The number of carbonyl (C=O) groups is 2. The molecule has 1 aromatic carbocycles. The Morgan fingerprint density at radius 2 is 1.67 bits per heavy atom. The largest absolute Gasteiger partial charge is 0.465 e. The number of piperidine rings is 1. The van der Waals surface area contributed by atoms with Gasteiger partial charge >= 0.3 is 6.09 Å². The lowest BCUT2D eigenvalue weighted by atomic mass is 9.82. The first kappa shape index (κ1) is 29.1. The van der Waals surface area contributed by atoms with Gasteiger partial charge < -0.3 is 30.3 Å². The van der Waals surface area contributed by atoms with Crippen molar-refractivity contribution in [3.63, 3.8) is 0 Å². The van der Waals surface area contributed by atoms with Crippen molar-refractivity contribution in [3.8, 4) is 0 Å². The highest BCUT2D eigenvalue weighted by molar-refractivity contribution is 6.07. The molecule has 0 unspecified atom stereocenters. The van der Waals surface area contributed by atoms with Gasteiger partial charge in [0.2, 0.25) is 0 Å². The van der Waals surface area contributed by atoms with E-state index in [0.29, 0.717) is 36.4 Å². The van der Waals surface area contributed by atoms with Crippen LogP contribution in [0.3, 0.4) is 0 Å². The summed E-state index contributed by atoms with van der Waals surface area (Å²) in [4.78, 5) is 33.8. The van der Waals surface area contributed by atoms with Gasteiger partial charge in [0.15, 0.2) is 0 Å². The van der Waals surface area contributed by atoms with Gasteiger partial charge in [0.05, 0.1) is 17.7 Å². The Balaban J connectivity index is 1.32. The fraction of sp³-hybridized carbons (Fsp3) is 0.633. The Bertz CT molecular complexity index is 1080. The molecule has 9 nitrogen and oxygen atoms in total. The van der Waals surface area contributed by atoms with E-state index in [0.717, 1.165) is 88.0 Å². The van der Waals surface area contributed by atoms with Crippen LogP contribution in [-0.4, -0.2) is 87.0 Å². The predicted octanol–water partition coefficient (Wildman–Crippen LogP) is 4.22. The van der Waals surface area contributed by atoms with Crippen LogP contribution >= 0.6 is 0 Å². The van der Waals surface area contributed by atoms with Gasteiger partial charge in [0, 0.05) is 45.2 Å². The highest BCUT2D eigenvalue weighted by Crippen LogP contribution is 2.30. The Morgan fingerprint density at radius 3 is 2.33 bits per heavy atom. The zero-order valence-electron chi connectivity index (χ0n) is 23.5. The van der Waals surface area contributed by atoms with Crippen molar-refractivity contribution in [2.45, 2.75) is 44.9 Å². The van der Waals surface area contributed by atoms with E-state index < -0.39 is 6.09 Å². The number of nitrogens with one attached hydrogen (secondary N) is 2. The smallest absolute Gasteiger partial charge is 0.404 e. The number of benzene rings is 1. The topological polar surface area (TPSA) is 107 Å². The second kappa shape index (κ2) is 14.5. The lowest BCUT2D eigenvalue weighted by Crippen LogP contribution is -2.36. The minimum absolute atomic E-state index is 0.0431. The number of methoxy groups -OCH3 is 1. The standard InChI is InChI=1S/C30H45N5O4/c1-34(17-18-39-2)14-11-22-12-15-35(16-13-22)28-19-26(25-5-3-4-6-27(25)33-28)29(36)31-20-23-7-9-24(10-8-23)21-32-30(37)38/h3-6,19,22-24,32H,7-18,20-21H2,1-2H3,(H,31,36)(H,37,38). The van der Waals surface area contributed by atoms with Crippen molar-refractivity contribution in [1.29, 1.82) is 0 Å². The third-order valence-electron chi connectivity index (χ3n) is 8.54. The molecule has 2 fully saturated rings. The van der Waals surface area contributed by atoms with E-state index in [-0.39, 0.29) is 5.91 Å². The number of amides is 2. The number of hydrogen-bond acceptors (Lipinski definition) is 6. The van der Waals surface area contributed by atoms with Crippen LogP contribution in [0.1, 0.15) is 55.3 Å². The second-order valence-electron chi connectivity index (χ2n) is 11.3. The number of rotatable bonds is 12. The minimum atomic E-state index is -0.959. The highest BCUT2D eigenvalue weighted by atomic mass is 16.5. The maximum atomic E-state index is 13.4. The number of para-hydroxylation sites is 1. The first-order valence-electron chi connectivity index (χ1n) is 14.5. The van der Waals surface area contributed by atoms with Crippen LogP contribution in [-0.2, 0) is 4.74 Å². The molecule has 0 spiro atoms. The number of pyridine rings is 1. The lowest BCUT2D eigenvalue weighted by Gasteiger charge is -2.34. The van der Waals surface area contributed by atoms with Gasteiger partial charge in [0.25, 0.3) is 5.91 Å². The molecule has 2 aliphatic rings. The van der Waals surface area contributed by atoms with Crippen LogP contribution in [0.4, 0.5) is 10.6 Å². The zero-order valence-corrected chi connectivity index (χ0v) is 23.5. The van der Waals surface area contributed by atoms with E-state index in [1.54, 1.807) is 7.11 Å². The molecule has 1 aromatic heterocycles. The normalized spacial score (nSPS) is 20.3. The van der Waals surface area contributed by atoms with Crippen molar-refractivity contribution in [3.05, 3.63) is 35.9 Å². The van der Waals surface area contributed by atoms with E-state index in [4.69, 9.17) is 14.8 Å². The number of aromatic nitrogens is 1. The molecule has 2 aromatic rings. The maximum absolute atomic E-state index is 13.4. The summed E-state index contributed by atoms with van der Waals surface area (Å²) in [6.07, 6.45) is 6.50. The highest BCUT2D eigenvalue weighted by Gasteiger charge is 2.24. The molecule has 3 N–H and O–H groups in total. The summed E-state index contributed by atoms with van der Waals surface area (Å²) < 4.78 is 5.19. The molecule has 0 radical (unpaired) electrons. The Labute approximate surface area is 232 Å². The van der Waals surface area contributed by atoms with E-state index >= 15 is 0 Å². The molecule has 0 atom stereocenters. The molecule has 214 valence electrons. The van der Waals surface area contributed by atoms with Crippen molar-refractivity contribution < 1.29 is 19.4 Å². The fourth-order valence-corrected chi connectivity index (χ4v) is 5.93. The SMILES string of the molecule is COCCN(C)CCC1CCN(c2cc(C(=O)NCC3CCC(CNC(=O)O)CC3)c3ccccc3n2)CC1. The number of nitrogens with zero attached hydrogens (tertiary/aromatic N) is 3. The first-order chi connectivity index (χ1) is 18.9. The van der Waals surface area contributed by atoms with Crippen molar-refractivity contribution >= 4 is 28.7 Å². The van der Waals surface area contributed by atoms with Gasteiger partial charge in [-0.15, -0.1) is 0 Å². The average Bonchev–Trinajstić information content (AvgIpc) is 2.96. The molecular weight excluding hydrogens is 494 g/mol. The Hall–Kier alpha value is -2.91. The first-order valence-corrected chi connectivity index (χ1v) is 14.5. The van der Waals surface area contributed by atoms with Crippen LogP contribution < -0.4 is 15.5 Å². The predicted molar refractivity (Wildman–Crippen MR) is 154 cm³/mol. The van der Waals surface area contributed by atoms with Gasteiger partial charge in [-0.2, -0.15) is 0 Å². The quantitative estimate of drug-likeness (QED) is 0.371. The monoisotopic (exact) mass is 539 g/mol. The van der Waals surface area contributed by atoms with Crippen LogP contribution in [0.25, 0.3) is 10.9 Å². The minimum Gasteiger partial charge on any atom is -0.465 e. The molecule has 39 heavy (non-hydrogen) atoms. The molecule has 1 saturated heterocycles. The zero-order chi connectivity index (χ0) is 27.6. The third kappa shape index (κ3) is 8.54. The van der Waals surface area contributed by atoms with Crippen LogP contribution in [0.15, 0.2) is 30.3 Å². The van der Waals surface area contributed by atoms with Gasteiger partial charge in [-0.05, 0) is 88.4 Å². The summed E-state index contributed by atoms with van der Waals surface area (Å²) >= 11 is 0. The third-order valence-corrected chi connectivity index (χ3v) is 8.54. The molecule has 1 aliphatic carbocycles. The molecule has 9 heteroatoms. The van der Waals surface area contributed by atoms with Crippen molar-refractivity contribution in [1.82, 2.24) is 20.5 Å². The van der Waals surface area contributed by atoms with Crippen LogP contribution in [0, 0.1) is 17.8 Å². The number of carbonyl (C=O) groups excluding carboxylic acids is 1. The van der Waals surface area contributed by atoms with E-state index in [1.165, 1.54) is 6.42 Å². The van der Waals surface area contributed by atoms with Gasteiger partial charge in [-0.1, -0.05) is 18.2 Å². The molecule has 2 amide bonds.